The van der Waals surface area contributed by atoms with Crippen molar-refractivity contribution >= 4 is 5.97 Å². The molecule has 0 aromatic carbocycles. The van der Waals surface area contributed by atoms with Crippen LogP contribution in [0.3, 0.4) is 0 Å². The van der Waals surface area contributed by atoms with Crippen LogP contribution in [0.25, 0.3) is 0 Å². The fraction of sp³-hybridized carbons (Fsp3) is 0.500. The minimum atomic E-state index is -1.62. The quantitative estimate of drug-likeness (QED) is 0.373. The molecular formula is C6H12N2O2. The fourth-order valence-corrected chi connectivity index (χ4v) is 0.400. The molecule has 0 saturated heterocycles. The van der Waals surface area contributed by atoms with Crippen LogP contribution in [-0.4, -0.2) is 16.7 Å². The van der Waals surface area contributed by atoms with Crippen LogP contribution in [0.1, 0.15) is 13.3 Å². The average molecular weight is 144 g/mol. The molecule has 0 aromatic heterocycles. The van der Waals surface area contributed by atoms with Crippen molar-refractivity contribution < 1.29 is 9.90 Å². The Labute approximate surface area is 59.5 Å². The molecule has 10 heavy (non-hydrogen) atoms. The first kappa shape index (κ1) is 9.13. The number of carbonyl (C=O) groups is 1. The molecule has 0 aliphatic rings. The van der Waals surface area contributed by atoms with E-state index >= 15 is 0 Å². The Morgan fingerprint density at radius 2 is 2.20 bits per heavy atom. The molecule has 0 bridgehead atoms. The Balaban J connectivity index is 3.99. The molecule has 0 amide bonds. The molecule has 0 aliphatic heterocycles. The lowest BCUT2D eigenvalue weighted by molar-refractivity contribution is -0.143. The van der Waals surface area contributed by atoms with Crippen LogP contribution >= 0.6 is 0 Å². The second-order valence-electron chi connectivity index (χ2n) is 2.12. The molecule has 0 rings (SSSR count). The Morgan fingerprint density at radius 3 is 2.50 bits per heavy atom. The van der Waals surface area contributed by atoms with Gasteiger partial charge in [0.05, 0.1) is 0 Å². The van der Waals surface area contributed by atoms with Gasteiger partial charge in [0.1, 0.15) is 0 Å². The number of carboxylic acid groups (broad SMARTS) is 1. The number of carboxylic acids is 1. The summed E-state index contributed by atoms with van der Waals surface area (Å²) in [6, 6.07) is 0. The third kappa shape index (κ3) is 2.61. The molecule has 0 fully saturated rings. The van der Waals surface area contributed by atoms with Crippen molar-refractivity contribution in [2.45, 2.75) is 19.0 Å². The summed E-state index contributed by atoms with van der Waals surface area (Å²) >= 11 is 0. The van der Waals surface area contributed by atoms with Crippen molar-refractivity contribution in [3.63, 3.8) is 0 Å². The summed E-state index contributed by atoms with van der Waals surface area (Å²) in [6.07, 6.45) is 3.48. The molecule has 58 valence electrons. The van der Waals surface area contributed by atoms with Gasteiger partial charge in [0.25, 0.3) is 0 Å². The lowest BCUT2D eigenvalue weighted by Gasteiger charge is -2.15. The third-order valence-electron chi connectivity index (χ3n) is 1.09. The minimum Gasteiger partial charge on any atom is -0.479 e. The monoisotopic (exact) mass is 144 g/mol. The van der Waals surface area contributed by atoms with E-state index in [0.717, 1.165) is 0 Å². The van der Waals surface area contributed by atoms with Crippen molar-refractivity contribution in [3.8, 4) is 0 Å². The lowest BCUT2D eigenvalue weighted by Crippen LogP contribution is -2.55. The summed E-state index contributed by atoms with van der Waals surface area (Å²) in [5, 5.41) is 8.38. The highest BCUT2D eigenvalue weighted by molar-refractivity contribution is 5.77. The maximum absolute atomic E-state index is 10.2. The maximum Gasteiger partial charge on any atom is 0.338 e. The van der Waals surface area contributed by atoms with Crippen LogP contribution in [0.4, 0.5) is 0 Å². The van der Waals surface area contributed by atoms with E-state index in [1.54, 1.807) is 19.1 Å². The summed E-state index contributed by atoms with van der Waals surface area (Å²) in [5.41, 5.74) is 8.73. The number of rotatable bonds is 3. The van der Waals surface area contributed by atoms with Crippen molar-refractivity contribution in [1.82, 2.24) is 0 Å². The Morgan fingerprint density at radius 1 is 1.70 bits per heavy atom. The van der Waals surface area contributed by atoms with Gasteiger partial charge in [-0.3, -0.25) is 0 Å². The van der Waals surface area contributed by atoms with Gasteiger partial charge in [0.15, 0.2) is 5.66 Å². The van der Waals surface area contributed by atoms with Gasteiger partial charge < -0.3 is 16.6 Å². The molecular weight excluding hydrogens is 132 g/mol. The number of nitrogens with two attached hydrogens (primary N) is 2. The number of aliphatic carboxylic acids is 1. The largest absolute Gasteiger partial charge is 0.479 e. The van der Waals surface area contributed by atoms with Gasteiger partial charge in [-0.2, -0.15) is 0 Å². The molecule has 0 aliphatic carbocycles. The second kappa shape index (κ2) is 3.34. The first-order valence-electron chi connectivity index (χ1n) is 2.93. The number of hydrogen-bond donors (Lipinski definition) is 3. The van der Waals surface area contributed by atoms with E-state index in [4.69, 9.17) is 16.6 Å². The standard InChI is InChI=1S/C6H12N2O2/c1-2-3-4-6(7,8)5(9)10/h2-3H,4,7-8H2,1H3,(H,9,10)/b3-2+. The van der Waals surface area contributed by atoms with Crippen LogP contribution < -0.4 is 11.5 Å². The van der Waals surface area contributed by atoms with Gasteiger partial charge in [0, 0.05) is 6.42 Å². The smallest absolute Gasteiger partial charge is 0.338 e. The first-order chi connectivity index (χ1) is 4.50. The molecule has 0 heterocycles. The normalized spacial score (nSPS) is 12.3. The lowest BCUT2D eigenvalue weighted by atomic mass is 10.1. The average Bonchev–Trinajstić information content (AvgIpc) is 1.84. The minimum absolute atomic E-state index is 0.152. The van der Waals surface area contributed by atoms with Crippen molar-refractivity contribution in [1.29, 1.82) is 0 Å². The predicted octanol–water partition coefficient (Wildman–Crippen LogP) is -0.349. The van der Waals surface area contributed by atoms with Gasteiger partial charge in [-0.1, -0.05) is 12.2 Å². The Kier molecular flexibility index (Phi) is 3.05. The second-order valence-corrected chi connectivity index (χ2v) is 2.12. The van der Waals surface area contributed by atoms with Crippen molar-refractivity contribution in [2.24, 2.45) is 11.5 Å². The van der Waals surface area contributed by atoms with Crippen LogP contribution in [0.15, 0.2) is 12.2 Å². The fourth-order valence-electron chi connectivity index (χ4n) is 0.400. The van der Waals surface area contributed by atoms with Crippen LogP contribution in [-0.2, 0) is 4.79 Å². The summed E-state index contributed by atoms with van der Waals surface area (Å²) in [7, 11) is 0. The van der Waals surface area contributed by atoms with Crippen LogP contribution in [0.2, 0.25) is 0 Å². The zero-order chi connectivity index (χ0) is 8.20. The molecule has 0 atom stereocenters. The van der Waals surface area contributed by atoms with Gasteiger partial charge in [-0.25, -0.2) is 4.79 Å². The van der Waals surface area contributed by atoms with Gasteiger partial charge in [-0.05, 0) is 6.92 Å². The SMILES string of the molecule is C/C=C/CC(N)(N)C(=O)O. The van der Waals surface area contributed by atoms with E-state index in [1.165, 1.54) is 0 Å². The zero-order valence-electron chi connectivity index (χ0n) is 5.87. The zero-order valence-corrected chi connectivity index (χ0v) is 5.87. The highest BCUT2D eigenvalue weighted by Gasteiger charge is 2.26. The van der Waals surface area contributed by atoms with Crippen molar-refractivity contribution in [2.75, 3.05) is 0 Å². The molecule has 4 nitrogen and oxygen atoms in total. The summed E-state index contributed by atoms with van der Waals surface area (Å²) in [6.45, 7) is 1.78. The molecule has 0 unspecified atom stereocenters. The van der Waals surface area contributed by atoms with E-state index < -0.39 is 11.6 Å². The summed E-state index contributed by atoms with van der Waals surface area (Å²) < 4.78 is 0. The van der Waals surface area contributed by atoms with Crippen LogP contribution in [0.5, 0.6) is 0 Å². The van der Waals surface area contributed by atoms with E-state index in [2.05, 4.69) is 0 Å². The number of hydrogen-bond acceptors (Lipinski definition) is 3. The number of allylic oxidation sites excluding steroid dienone is 1. The molecule has 0 saturated carbocycles. The molecule has 4 heteroatoms. The summed E-state index contributed by atoms with van der Waals surface area (Å²) in [5.74, 6) is -1.19. The molecule has 0 radical (unpaired) electrons. The first-order valence-corrected chi connectivity index (χ1v) is 2.93. The predicted molar refractivity (Wildman–Crippen MR) is 38.2 cm³/mol. The van der Waals surface area contributed by atoms with Gasteiger partial charge in [0.2, 0.25) is 0 Å². The topological polar surface area (TPSA) is 89.3 Å². The Hall–Kier alpha value is -0.870. The maximum atomic E-state index is 10.2. The van der Waals surface area contributed by atoms with E-state index in [0.29, 0.717) is 0 Å². The highest BCUT2D eigenvalue weighted by atomic mass is 16.4. The van der Waals surface area contributed by atoms with Gasteiger partial charge in [-0.15, -0.1) is 0 Å². The van der Waals surface area contributed by atoms with E-state index in [1.807, 2.05) is 0 Å². The third-order valence-corrected chi connectivity index (χ3v) is 1.09. The van der Waals surface area contributed by atoms with Gasteiger partial charge >= 0.3 is 5.97 Å². The Bertz CT molecular complexity index is 152. The van der Waals surface area contributed by atoms with E-state index in [9.17, 15) is 4.79 Å². The summed E-state index contributed by atoms with van der Waals surface area (Å²) in [4.78, 5) is 10.2. The van der Waals surface area contributed by atoms with E-state index in [-0.39, 0.29) is 6.42 Å². The van der Waals surface area contributed by atoms with Crippen LogP contribution in [0, 0.1) is 0 Å². The van der Waals surface area contributed by atoms with Crippen molar-refractivity contribution in [3.05, 3.63) is 12.2 Å². The molecule has 0 spiro atoms. The molecule has 5 N–H and O–H groups in total. The molecule has 0 aromatic rings. The highest BCUT2D eigenvalue weighted by Crippen LogP contribution is 1.98.